The molecule has 3 heterocycles. The second kappa shape index (κ2) is 9.13. The molecule has 9 heteroatoms. The highest BCUT2D eigenvalue weighted by Gasteiger charge is 2.29. The molecule has 0 radical (unpaired) electrons. The van der Waals surface area contributed by atoms with Gasteiger partial charge in [0, 0.05) is 40.3 Å². The van der Waals surface area contributed by atoms with Crippen molar-refractivity contribution in [2.24, 2.45) is 13.0 Å². The molecule has 0 saturated carbocycles. The first-order chi connectivity index (χ1) is 15.3. The number of nitrogens with zero attached hydrogens (tertiary/aromatic N) is 3. The van der Waals surface area contributed by atoms with E-state index in [2.05, 4.69) is 9.97 Å². The van der Waals surface area contributed by atoms with Gasteiger partial charge in [-0.05, 0) is 42.7 Å². The zero-order valence-corrected chi connectivity index (χ0v) is 18.7. The predicted octanol–water partition coefficient (Wildman–Crippen LogP) is 4.06. The molecule has 0 bridgehead atoms. The summed E-state index contributed by atoms with van der Waals surface area (Å²) >= 11 is 0. The molecule has 5 nitrogen and oxygen atoms in total. The highest BCUT2D eigenvalue weighted by Crippen LogP contribution is 2.32. The summed E-state index contributed by atoms with van der Waals surface area (Å²) in [6, 6.07) is 5.82. The number of fused-ring (bicyclic) bond motifs is 1. The van der Waals surface area contributed by atoms with E-state index in [4.69, 9.17) is 0 Å². The van der Waals surface area contributed by atoms with Gasteiger partial charge in [0.25, 0.3) is 12.0 Å². The Kier molecular flexibility index (Phi) is 6.46. The summed E-state index contributed by atoms with van der Waals surface area (Å²) in [4.78, 5) is 21.7. The smallest absolute Gasteiger partial charge is 0.266 e. The Bertz CT molecular complexity index is 1250. The van der Waals surface area contributed by atoms with Crippen molar-refractivity contribution in [3.63, 3.8) is 0 Å². The standard InChI is InChI=1S/C23H24F3N3O2S/c1-13-11-32(31)9-8-15(13)17-10-18-19(27-12-28-22(18)29(2)23(17)30)7-6-14-4-3-5-16(20(14)24)21(25)26/h3-5,10,12-13,15,21H,6-9,11H2,1-2H3. The Balaban J connectivity index is 1.72. The molecule has 1 saturated heterocycles. The summed E-state index contributed by atoms with van der Waals surface area (Å²) in [5.41, 5.74) is 1.19. The highest BCUT2D eigenvalue weighted by molar-refractivity contribution is 7.85. The van der Waals surface area contributed by atoms with Gasteiger partial charge in [0.1, 0.15) is 17.8 Å². The van der Waals surface area contributed by atoms with Crippen LogP contribution in [0, 0.1) is 11.7 Å². The van der Waals surface area contributed by atoms with Crippen LogP contribution in [-0.2, 0) is 30.7 Å². The SMILES string of the molecule is CC1CS(=O)CCC1c1cc2c(CCc3cccc(C(F)F)c3F)ncnc2n(C)c1=O. The quantitative estimate of drug-likeness (QED) is 0.572. The van der Waals surface area contributed by atoms with Crippen molar-refractivity contribution in [2.45, 2.75) is 38.5 Å². The Morgan fingerprint density at radius 1 is 1.25 bits per heavy atom. The molecule has 1 fully saturated rings. The van der Waals surface area contributed by atoms with Crippen molar-refractivity contribution in [2.75, 3.05) is 11.5 Å². The maximum Gasteiger partial charge on any atom is 0.266 e. The molecule has 0 aliphatic carbocycles. The van der Waals surface area contributed by atoms with Gasteiger partial charge in [-0.3, -0.25) is 13.6 Å². The summed E-state index contributed by atoms with van der Waals surface area (Å²) in [5.74, 6) is 0.328. The fourth-order valence-corrected chi connectivity index (χ4v) is 6.02. The predicted molar refractivity (Wildman–Crippen MR) is 118 cm³/mol. The van der Waals surface area contributed by atoms with E-state index < -0.39 is 28.6 Å². The lowest BCUT2D eigenvalue weighted by Crippen LogP contribution is -2.32. The van der Waals surface area contributed by atoms with Gasteiger partial charge in [-0.15, -0.1) is 0 Å². The third-order valence-electron chi connectivity index (χ3n) is 6.28. The average Bonchev–Trinajstić information content (AvgIpc) is 2.75. The zero-order chi connectivity index (χ0) is 23.0. The molecule has 0 amide bonds. The van der Waals surface area contributed by atoms with Gasteiger partial charge in [-0.2, -0.15) is 0 Å². The van der Waals surface area contributed by atoms with E-state index in [9.17, 15) is 22.2 Å². The van der Waals surface area contributed by atoms with Gasteiger partial charge in [0.2, 0.25) is 0 Å². The van der Waals surface area contributed by atoms with Crippen LogP contribution in [0.2, 0.25) is 0 Å². The van der Waals surface area contributed by atoms with Gasteiger partial charge >= 0.3 is 0 Å². The largest absolute Gasteiger partial charge is 0.295 e. The summed E-state index contributed by atoms with van der Waals surface area (Å²) < 4.78 is 53.9. The van der Waals surface area contributed by atoms with Crippen LogP contribution in [-0.4, -0.2) is 30.2 Å². The lowest BCUT2D eigenvalue weighted by molar-refractivity contribution is 0.146. The van der Waals surface area contributed by atoms with Gasteiger partial charge in [-0.1, -0.05) is 25.1 Å². The van der Waals surface area contributed by atoms with Gasteiger partial charge in [0.05, 0.1) is 11.3 Å². The van der Waals surface area contributed by atoms with Crippen molar-refractivity contribution in [3.8, 4) is 0 Å². The van der Waals surface area contributed by atoms with Crippen LogP contribution in [0.25, 0.3) is 11.0 Å². The number of aromatic nitrogens is 3. The van der Waals surface area contributed by atoms with E-state index in [1.165, 1.54) is 23.0 Å². The third kappa shape index (κ3) is 4.22. The van der Waals surface area contributed by atoms with Crippen molar-refractivity contribution in [1.29, 1.82) is 0 Å². The van der Waals surface area contributed by atoms with E-state index in [0.29, 0.717) is 46.6 Å². The van der Waals surface area contributed by atoms with E-state index in [1.54, 1.807) is 7.05 Å². The van der Waals surface area contributed by atoms with Crippen molar-refractivity contribution >= 4 is 21.8 Å². The van der Waals surface area contributed by atoms with E-state index in [0.717, 1.165) is 6.07 Å². The first-order valence-electron chi connectivity index (χ1n) is 10.5. The molecule has 1 aromatic carbocycles. The molecule has 2 aromatic heterocycles. The molecule has 3 unspecified atom stereocenters. The zero-order valence-electron chi connectivity index (χ0n) is 17.9. The molecule has 0 N–H and O–H groups in total. The van der Waals surface area contributed by atoms with Crippen molar-refractivity contribution < 1.29 is 17.4 Å². The maximum atomic E-state index is 14.5. The van der Waals surface area contributed by atoms with E-state index >= 15 is 0 Å². The normalized spacial score (nSPS) is 21.4. The van der Waals surface area contributed by atoms with Crippen LogP contribution in [0.4, 0.5) is 13.2 Å². The topological polar surface area (TPSA) is 64.8 Å². The van der Waals surface area contributed by atoms with Crippen LogP contribution in [0.15, 0.2) is 35.4 Å². The number of alkyl halides is 2. The molecule has 4 rings (SSSR count). The number of rotatable bonds is 5. The summed E-state index contributed by atoms with van der Waals surface area (Å²) in [6.45, 7) is 2.01. The molecule has 170 valence electrons. The molecule has 1 aliphatic heterocycles. The number of pyridine rings is 1. The molecule has 32 heavy (non-hydrogen) atoms. The minimum absolute atomic E-state index is 0.0102. The number of hydrogen-bond donors (Lipinski definition) is 0. The Morgan fingerprint density at radius 2 is 2.03 bits per heavy atom. The Labute approximate surface area is 186 Å². The van der Waals surface area contributed by atoms with Gasteiger partial charge < -0.3 is 0 Å². The van der Waals surface area contributed by atoms with Crippen LogP contribution in [0.1, 0.15) is 48.1 Å². The summed E-state index contributed by atoms with van der Waals surface area (Å²) in [5, 5.41) is 0.689. The van der Waals surface area contributed by atoms with Crippen LogP contribution in [0.3, 0.4) is 0 Å². The molecule has 0 spiro atoms. The van der Waals surface area contributed by atoms with Gasteiger partial charge in [-0.25, -0.2) is 23.1 Å². The summed E-state index contributed by atoms with van der Waals surface area (Å²) in [7, 11) is 0.792. The Morgan fingerprint density at radius 3 is 2.75 bits per heavy atom. The van der Waals surface area contributed by atoms with Crippen LogP contribution >= 0.6 is 0 Å². The third-order valence-corrected chi connectivity index (χ3v) is 7.87. The fourth-order valence-electron chi connectivity index (χ4n) is 4.52. The minimum Gasteiger partial charge on any atom is -0.295 e. The van der Waals surface area contributed by atoms with Crippen molar-refractivity contribution in [3.05, 3.63) is 69.1 Å². The monoisotopic (exact) mass is 463 g/mol. The Hall–Kier alpha value is -2.55. The van der Waals surface area contributed by atoms with Crippen LogP contribution < -0.4 is 5.56 Å². The van der Waals surface area contributed by atoms with Crippen LogP contribution in [0.5, 0.6) is 0 Å². The number of halogens is 3. The maximum absolute atomic E-state index is 14.5. The van der Waals surface area contributed by atoms with E-state index in [1.807, 2.05) is 13.0 Å². The first kappa shape index (κ1) is 22.6. The summed E-state index contributed by atoms with van der Waals surface area (Å²) in [6.07, 6.45) is -0.350. The molecule has 3 aromatic rings. The highest BCUT2D eigenvalue weighted by atomic mass is 32.2. The lowest BCUT2D eigenvalue weighted by atomic mass is 9.86. The molecular formula is C23H24F3N3O2S. The van der Waals surface area contributed by atoms with E-state index in [-0.39, 0.29) is 29.4 Å². The first-order valence-corrected chi connectivity index (χ1v) is 12.0. The van der Waals surface area contributed by atoms with Gasteiger partial charge in [0.15, 0.2) is 0 Å². The minimum atomic E-state index is -2.88. The molecule has 1 aliphatic rings. The second-order valence-electron chi connectivity index (χ2n) is 8.33. The lowest BCUT2D eigenvalue weighted by Gasteiger charge is -2.28. The molecule has 3 atom stereocenters. The number of hydrogen-bond acceptors (Lipinski definition) is 4. The molecular weight excluding hydrogens is 439 g/mol. The van der Waals surface area contributed by atoms with Crippen molar-refractivity contribution in [1.82, 2.24) is 14.5 Å². The average molecular weight is 464 g/mol. The fraction of sp³-hybridized carbons (Fsp3) is 0.435. The second-order valence-corrected chi connectivity index (χ2v) is 9.95. The number of benzene rings is 1. The number of aryl methyl sites for hydroxylation is 3.